The van der Waals surface area contributed by atoms with E-state index in [1.165, 1.54) is 16.8 Å². The normalized spacial score (nSPS) is 10.5. The Morgan fingerprint density at radius 2 is 2.23 bits per heavy atom. The second-order valence-corrected chi connectivity index (χ2v) is 2.83. The zero-order valence-electron chi connectivity index (χ0n) is 7.06. The summed E-state index contributed by atoms with van der Waals surface area (Å²) >= 11 is 0. The third kappa shape index (κ3) is 1.16. The van der Waals surface area contributed by atoms with Crippen LogP contribution in [0.5, 0.6) is 5.75 Å². The van der Waals surface area contributed by atoms with Gasteiger partial charge in [0.25, 0.3) is 5.56 Å². The van der Waals surface area contributed by atoms with Crippen LogP contribution < -0.4 is 5.56 Å². The molecule has 4 heteroatoms. The lowest BCUT2D eigenvalue weighted by Gasteiger charge is -2.02. The van der Waals surface area contributed by atoms with E-state index in [0.29, 0.717) is 11.0 Å². The summed E-state index contributed by atoms with van der Waals surface area (Å²) < 4.78 is 1.45. The molecule has 1 heterocycles. The molecule has 1 N–H and O–H groups in total. The molecule has 0 bridgehead atoms. The molecule has 0 fully saturated rings. The maximum atomic E-state index is 11.2. The predicted octanol–water partition coefficient (Wildman–Crippen LogP) is 0.639. The minimum absolute atomic E-state index is 0.135. The summed E-state index contributed by atoms with van der Waals surface area (Å²) in [5.41, 5.74) is 1.14. The molecule has 0 atom stereocenters. The highest BCUT2D eigenvalue weighted by molar-refractivity contribution is 5.75. The van der Waals surface area contributed by atoms with E-state index in [1.54, 1.807) is 19.2 Å². The summed E-state index contributed by atoms with van der Waals surface area (Å²) in [6.07, 6.45) is 1.26. The molecule has 13 heavy (non-hydrogen) atoms. The van der Waals surface area contributed by atoms with E-state index in [0.717, 1.165) is 0 Å². The molecule has 1 aromatic heterocycles. The average Bonchev–Trinajstić information content (AvgIpc) is 2.12. The van der Waals surface area contributed by atoms with Crippen LogP contribution >= 0.6 is 0 Å². The van der Waals surface area contributed by atoms with Crippen LogP contribution in [0.15, 0.2) is 29.2 Å². The van der Waals surface area contributed by atoms with Crippen LogP contribution in [0.25, 0.3) is 11.0 Å². The van der Waals surface area contributed by atoms with E-state index in [4.69, 9.17) is 0 Å². The molecular formula is C9H8N2O2. The monoisotopic (exact) mass is 176 g/mol. The highest BCUT2D eigenvalue weighted by Crippen LogP contribution is 2.15. The van der Waals surface area contributed by atoms with Crippen LogP contribution in [0.3, 0.4) is 0 Å². The van der Waals surface area contributed by atoms with E-state index in [2.05, 4.69) is 4.98 Å². The predicted molar refractivity (Wildman–Crippen MR) is 48.6 cm³/mol. The van der Waals surface area contributed by atoms with Crippen molar-refractivity contribution >= 4 is 11.0 Å². The van der Waals surface area contributed by atoms with E-state index >= 15 is 0 Å². The largest absolute Gasteiger partial charge is 0.508 e. The summed E-state index contributed by atoms with van der Waals surface area (Å²) in [6.45, 7) is 0. The molecule has 0 aliphatic rings. The Kier molecular flexibility index (Phi) is 1.55. The van der Waals surface area contributed by atoms with Gasteiger partial charge in [0, 0.05) is 13.1 Å². The van der Waals surface area contributed by atoms with Gasteiger partial charge in [0.15, 0.2) is 0 Å². The summed E-state index contributed by atoms with van der Waals surface area (Å²) in [7, 11) is 1.64. The van der Waals surface area contributed by atoms with Crippen molar-refractivity contribution in [2.24, 2.45) is 7.05 Å². The van der Waals surface area contributed by atoms with E-state index < -0.39 is 0 Å². The number of phenols is 1. The summed E-state index contributed by atoms with van der Waals surface area (Å²) in [5, 5.41) is 9.20. The van der Waals surface area contributed by atoms with Gasteiger partial charge < -0.3 is 9.67 Å². The van der Waals surface area contributed by atoms with Crippen LogP contribution in [-0.4, -0.2) is 14.7 Å². The summed E-state index contributed by atoms with van der Waals surface area (Å²) in [6, 6.07) is 4.73. The fraction of sp³-hybridized carbons (Fsp3) is 0.111. The first-order chi connectivity index (χ1) is 6.18. The zero-order chi connectivity index (χ0) is 9.42. The molecule has 0 saturated heterocycles. The van der Waals surface area contributed by atoms with Gasteiger partial charge in [-0.25, -0.2) is 4.98 Å². The minimum Gasteiger partial charge on any atom is -0.508 e. The maximum Gasteiger partial charge on any atom is 0.269 e. The van der Waals surface area contributed by atoms with Gasteiger partial charge in [-0.3, -0.25) is 4.79 Å². The third-order valence-corrected chi connectivity index (χ3v) is 1.97. The first-order valence-corrected chi connectivity index (χ1v) is 3.83. The molecule has 1 aromatic carbocycles. The average molecular weight is 176 g/mol. The van der Waals surface area contributed by atoms with Crippen molar-refractivity contribution in [3.8, 4) is 5.75 Å². The molecule has 0 saturated carbocycles. The molecule has 0 unspecified atom stereocenters. The number of nitrogens with zero attached hydrogens (tertiary/aromatic N) is 2. The van der Waals surface area contributed by atoms with E-state index in [-0.39, 0.29) is 11.3 Å². The quantitative estimate of drug-likeness (QED) is 0.640. The van der Waals surface area contributed by atoms with Crippen LogP contribution in [-0.2, 0) is 7.05 Å². The lowest BCUT2D eigenvalue weighted by Crippen LogP contribution is -2.16. The Bertz CT molecular complexity index is 516. The zero-order valence-corrected chi connectivity index (χ0v) is 7.06. The van der Waals surface area contributed by atoms with Crippen molar-refractivity contribution < 1.29 is 5.11 Å². The smallest absolute Gasteiger partial charge is 0.269 e. The number of aromatic nitrogens is 2. The molecule has 0 radical (unpaired) electrons. The Morgan fingerprint density at radius 3 is 3.00 bits per heavy atom. The van der Waals surface area contributed by atoms with Gasteiger partial charge in [-0.2, -0.15) is 0 Å². The molecule has 4 nitrogen and oxygen atoms in total. The number of aryl methyl sites for hydroxylation is 1. The van der Waals surface area contributed by atoms with Gasteiger partial charge in [-0.1, -0.05) is 0 Å². The highest BCUT2D eigenvalue weighted by atomic mass is 16.3. The van der Waals surface area contributed by atoms with E-state index in [9.17, 15) is 9.90 Å². The molecule has 0 aliphatic heterocycles. The SMILES string of the molecule is Cn1c(=O)cnc2ccc(O)cc21. The molecule has 0 aliphatic carbocycles. The first kappa shape index (κ1) is 7.79. The van der Waals surface area contributed by atoms with Gasteiger partial charge in [-0.05, 0) is 12.1 Å². The van der Waals surface area contributed by atoms with Gasteiger partial charge in [0.1, 0.15) is 5.75 Å². The summed E-state index contributed by atoms with van der Waals surface area (Å²) in [5.74, 6) is 0.135. The van der Waals surface area contributed by atoms with Crippen molar-refractivity contribution in [2.45, 2.75) is 0 Å². The molecule has 2 rings (SSSR count). The number of rotatable bonds is 0. The fourth-order valence-corrected chi connectivity index (χ4v) is 1.22. The van der Waals surface area contributed by atoms with Crippen LogP contribution in [0.1, 0.15) is 0 Å². The van der Waals surface area contributed by atoms with Gasteiger partial charge in [-0.15, -0.1) is 0 Å². The van der Waals surface area contributed by atoms with E-state index in [1.807, 2.05) is 0 Å². The fourth-order valence-electron chi connectivity index (χ4n) is 1.22. The number of benzene rings is 1. The van der Waals surface area contributed by atoms with Crippen molar-refractivity contribution in [2.75, 3.05) is 0 Å². The van der Waals surface area contributed by atoms with Crippen LogP contribution in [0, 0.1) is 0 Å². The second-order valence-electron chi connectivity index (χ2n) is 2.83. The lowest BCUT2D eigenvalue weighted by molar-refractivity contribution is 0.476. The third-order valence-electron chi connectivity index (χ3n) is 1.97. The van der Waals surface area contributed by atoms with Gasteiger partial charge in [0.05, 0.1) is 17.2 Å². The van der Waals surface area contributed by atoms with Crippen LogP contribution in [0.4, 0.5) is 0 Å². The van der Waals surface area contributed by atoms with Crippen molar-refractivity contribution in [3.63, 3.8) is 0 Å². The number of hydrogen-bond donors (Lipinski definition) is 1. The molecular weight excluding hydrogens is 168 g/mol. The van der Waals surface area contributed by atoms with Gasteiger partial charge in [0.2, 0.25) is 0 Å². The van der Waals surface area contributed by atoms with Crippen molar-refractivity contribution in [3.05, 3.63) is 34.7 Å². The van der Waals surface area contributed by atoms with Gasteiger partial charge >= 0.3 is 0 Å². The number of fused-ring (bicyclic) bond motifs is 1. The Balaban J connectivity index is 2.97. The minimum atomic E-state index is -0.182. The van der Waals surface area contributed by atoms with Crippen molar-refractivity contribution in [1.29, 1.82) is 0 Å². The Hall–Kier alpha value is -1.84. The lowest BCUT2D eigenvalue weighted by atomic mass is 10.3. The van der Waals surface area contributed by atoms with Crippen LogP contribution in [0.2, 0.25) is 0 Å². The Morgan fingerprint density at radius 1 is 1.46 bits per heavy atom. The number of aromatic hydroxyl groups is 1. The molecule has 0 spiro atoms. The maximum absolute atomic E-state index is 11.2. The first-order valence-electron chi connectivity index (χ1n) is 3.83. The topological polar surface area (TPSA) is 55.1 Å². The molecule has 2 aromatic rings. The summed E-state index contributed by atoms with van der Waals surface area (Å²) in [4.78, 5) is 15.1. The molecule has 0 amide bonds. The number of hydrogen-bond acceptors (Lipinski definition) is 3. The standard InChI is InChI=1S/C9H8N2O2/c1-11-8-4-6(12)2-3-7(8)10-5-9(11)13/h2-5,12H,1H3. The number of phenolic OH excluding ortho intramolecular Hbond substituents is 1. The second kappa shape index (κ2) is 2.58. The molecule has 66 valence electrons. The van der Waals surface area contributed by atoms with Crippen molar-refractivity contribution in [1.82, 2.24) is 9.55 Å². The Labute approximate surface area is 74.1 Å². The highest BCUT2D eigenvalue weighted by Gasteiger charge is 2.00.